The zero-order valence-corrected chi connectivity index (χ0v) is 15.3. The van der Waals surface area contributed by atoms with E-state index in [1.54, 1.807) is 29.0 Å². The summed E-state index contributed by atoms with van der Waals surface area (Å²) >= 11 is 0. The molecule has 0 atom stereocenters. The number of carboxylic acids is 1. The number of fused-ring (bicyclic) bond motifs is 2. The molecule has 0 saturated carbocycles. The lowest BCUT2D eigenvalue weighted by Crippen LogP contribution is -2.08. The number of halogens is 1. The van der Waals surface area contributed by atoms with Crippen LogP contribution < -0.4 is 0 Å². The first-order valence-electron chi connectivity index (χ1n) is 8.64. The zero-order chi connectivity index (χ0) is 20.0. The van der Waals surface area contributed by atoms with E-state index in [1.807, 2.05) is 13.0 Å². The molecule has 4 aromatic rings. The minimum Gasteiger partial charge on any atom is -0.480 e. The molecule has 3 heterocycles. The monoisotopic (exact) mass is 380 g/mol. The van der Waals surface area contributed by atoms with Gasteiger partial charge in [-0.2, -0.15) is 5.10 Å². The van der Waals surface area contributed by atoms with Gasteiger partial charge in [-0.15, -0.1) is 0 Å². The van der Waals surface area contributed by atoms with E-state index in [0.717, 1.165) is 5.69 Å². The molecule has 0 amide bonds. The summed E-state index contributed by atoms with van der Waals surface area (Å²) in [5, 5.41) is 14.0. The summed E-state index contributed by atoms with van der Waals surface area (Å²) < 4.78 is 16.9. The van der Waals surface area contributed by atoms with Crippen molar-refractivity contribution >= 4 is 28.3 Å². The van der Waals surface area contributed by atoms with Gasteiger partial charge in [0.05, 0.1) is 11.2 Å². The smallest absolute Gasteiger partial charge is 0.323 e. The average Bonchev–Trinajstić information content (AvgIpc) is 3.19. The first-order valence-corrected chi connectivity index (χ1v) is 8.64. The highest BCUT2D eigenvalue weighted by Crippen LogP contribution is 2.32. The number of hydrogen-bond donors (Lipinski definition) is 1. The largest absolute Gasteiger partial charge is 0.480 e. The second kappa shape index (κ2) is 6.56. The van der Waals surface area contributed by atoms with E-state index in [9.17, 15) is 14.0 Å². The highest BCUT2D eigenvalue weighted by Gasteiger charge is 2.18. The molecule has 142 valence electrons. The maximum absolute atomic E-state index is 13.9. The molecule has 0 aliphatic carbocycles. The standard InChI is InChI=1S/C20H17FN4O3/c1-11-3-18-22-7-15(8-25(18)23-11)13-4-14(6-21)20-16(5-13)17(12(2)26)9-24(20)10-19(27)28/h3-5,7-9H,6,10H2,1-2H3,(H,27,28). The van der Waals surface area contributed by atoms with Gasteiger partial charge in [0.15, 0.2) is 11.4 Å². The second-order valence-corrected chi connectivity index (χ2v) is 6.72. The van der Waals surface area contributed by atoms with Crippen molar-refractivity contribution in [3.05, 3.63) is 53.6 Å². The molecular weight excluding hydrogens is 363 g/mol. The van der Waals surface area contributed by atoms with E-state index in [-0.39, 0.29) is 12.3 Å². The van der Waals surface area contributed by atoms with Gasteiger partial charge in [0.25, 0.3) is 0 Å². The number of alkyl halides is 1. The summed E-state index contributed by atoms with van der Waals surface area (Å²) in [6, 6.07) is 5.27. The van der Waals surface area contributed by atoms with Gasteiger partial charge in [-0.25, -0.2) is 13.9 Å². The number of rotatable bonds is 5. The van der Waals surface area contributed by atoms with Gasteiger partial charge in [-0.05, 0) is 31.5 Å². The van der Waals surface area contributed by atoms with Gasteiger partial charge < -0.3 is 9.67 Å². The third-order valence-electron chi connectivity index (χ3n) is 4.65. The van der Waals surface area contributed by atoms with Crippen LogP contribution in [-0.4, -0.2) is 36.0 Å². The number of carbonyl (C=O) groups excluding carboxylic acids is 1. The molecule has 0 bridgehead atoms. The first-order chi connectivity index (χ1) is 13.4. The summed E-state index contributed by atoms with van der Waals surface area (Å²) in [6.45, 7) is 2.13. The Morgan fingerprint density at radius 1 is 1.18 bits per heavy atom. The Labute approximate surface area is 159 Å². The van der Waals surface area contributed by atoms with Gasteiger partial charge >= 0.3 is 5.97 Å². The van der Waals surface area contributed by atoms with Crippen molar-refractivity contribution in [2.24, 2.45) is 0 Å². The quantitative estimate of drug-likeness (QED) is 0.536. The summed E-state index contributed by atoms with van der Waals surface area (Å²) in [5.41, 5.74) is 4.02. The minimum atomic E-state index is -1.07. The van der Waals surface area contributed by atoms with Crippen LogP contribution in [0.15, 0.2) is 36.8 Å². The minimum absolute atomic E-state index is 0.215. The molecule has 1 N–H and O–H groups in total. The molecule has 1 aromatic carbocycles. The molecule has 0 aliphatic heterocycles. The third-order valence-corrected chi connectivity index (χ3v) is 4.65. The van der Waals surface area contributed by atoms with Gasteiger partial charge in [0.2, 0.25) is 0 Å². The highest BCUT2D eigenvalue weighted by molar-refractivity contribution is 6.09. The molecule has 28 heavy (non-hydrogen) atoms. The van der Waals surface area contributed by atoms with E-state index < -0.39 is 12.6 Å². The molecule has 0 radical (unpaired) electrons. The van der Waals surface area contributed by atoms with E-state index in [4.69, 9.17) is 5.11 Å². The Kier molecular flexibility index (Phi) is 4.18. The van der Waals surface area contributed by atoms with Crippen molar-refractivity contribution in [2.75, 3.05) is 0 Å². The Morgan fingerprint density at radius 2 is 1.96 bits per heavy atom. The molecule has 0 aliphatic rings. The molecule has 0 unspecified atom stereocenters. The topological polar surface area (TPSA) is 89.5 Å². The summed E-state index contributed by atoms with van der Waals surface area (Å²) in [7, 11) is 0. The normalized spacial score (nSPS) is 11.4. The van der Waals surface area contributed by atoms with Crippen LogP contribution in [0.25, 0.3) is 27.7 Å². The highest BCUT2D eigenvalue weighted by atomic mass is 19.1. The fraction of sp³-hybridized carbons (Fsp3) is 0.200. The lowest BCUT2D eigenvalue weighted by atomic mass is 10.00. The number of benzene rings is 1. The van der Waals surface area contributed by atoms with E-state index in [2.05, 4.69) is 10.1 Å². The Balaban J connectivity index is 1.97. The molecule has 0 fully saturated rings. The number of aromatic nitrogens is 4. The van der Waals surface area contributed by atoms with Crippen LogP contribution in [0.5, 0.6) is 0 Å². The van der Waals surface area contributed by atoms with Crippen LogP contribution >= 0.6 is 0 Å². The molecule has 4 rings (SSSR count). The van der Waals surface area contributed by atoms with Crippen LogP contribution in [0.2, 0.25) is 0 Å². The number of carboxylic acid groups (broad SMARTS) is 1. The van der Waals surface area contributed by atoms with Crippen molar-refractivity contribution in [1.82, 2.24) is 19.2 Å². The van der Waals surface area contributed by atoms with Gasteiger partial charge in [-0.3, -0.25) is 9.59 Å². The average molecular weight is 380 g/mol. The molecular formula is C20H17FN4O3. The number of hydrogen-bond acceptors (Lipinski definition) is 4. The summed E-state index contributed by atoms with van der Waals surface area (Å²) in [4.78, 5) is 27.7. The van der Waals surface area contributed by atoms with E-state index in [0.29, 0.717) is 38.8 Å². The molecule has 7 nitrogen and oxygen atoms in total. The SMILES string of the molecule is CC(=O)c1cn(CC(=O)O)c2c(CF)cc(-c3cnc4cc(C)nn4c3)cc12. The third kappa shape index (κ3) is 2.92. The predicted octanol–water partition coefficient (Wildman–Crippen LogP) is 3.42. The molecule has 3 aromatic heterocycles. The van der Waals surface area contributed by atoms with E-state index >= 15 is 0 Å². The van der Waals surface area contributed by atoms with Crippen molar-refractivity contribution in [1.29, 1.82) is 0 Å². The zero-order valence-electron chi connectivity index (χ0n) is 15.3. The Bertz CT molecular complexity index is 1260. The van der Waals surface area contributed by atoms with Crippen molar-refractivity contribution in [3.8, 4) is 11.1 Å². The molecule has 0 saturated heterocycles. The number of ketones is 1. The summed E-state index contributed by atoms with van der Waals surface area (Å²) in [5.74, 6) is -1.28. The van der Waals surface area contributed by atoms with Crippen molar-refractivity contribution in [3.63, 3.8) is 0 Å². The van der Waals surface area contributed by atoms with Gasteiger partial charge in [0.1, 0.15) is 13.2 Å². The lowest BCUT2D eigenvalue weighted by Gasteiger charge is -2.09. The molecule has 8 heteroatoms. The number of aryl methyl sites for hydroxylation is 1. The van der Waals surface area contributed by atoms with Gasteiger partial charge in [0, 0.05) is 46.7 Å². The van der Waals surface area contributed by atoms with Crippen LogP contribution in [0, 0.1) is 6.92 Å². The van der Waals surface area contributed by atoms with Crippen molar-refractivity contribution < 1.29 is 19.1 Å². The number of aliphatic carboxylic acids is 1. The van der Waals surface area contributed by atoms with Crippen molar-refractivity contribution in [2.45, 2.75) is 27.1 Å². The lowest BCUT2D eigenvalue weighted by molar-refractivity contribution is -0.137. The van der Waals surface area contributed by atoms with Crippen LogP contribution in [0.1, 0.15) is 28.5 Å². The maximum atomic E-state index is 13.9. The maximum Gasteiger partial charge on any atom is 0.323 e. The Morgan fingerprint density at radius 3 is 2.64 bits per heavy atom. The van der Waals surface area contributed by atoms with Crippen LogP contribution in [-0.2, 0) is 18.0 Å². The fourth-order valence-corrected chi connectivity index (χ4v) is 3.49. The first kappa shape index (κ1) is 17.8. The van der Waals surface area contributed by atoms with Gasteiger partial charge in [-0.1, -0.05) is 0 Å². The van der Waals surface area contributed by atoms with E-state index in [1.165, 1.54) is 17.7 Å². The van der Waals surface area contributed by atoms with Crippen LogP contribution in [0.4, 0.5) is 4.39 Å². The van der Waals surface area contributed by atoms with Crippen LogP contribution in [0.3, 0.4) is 0 Å². The fourth-order valence-electron chi connectivity index (χ4n) is 3.49. The molecule has 0 spiro atoms. The summed E-state index contributed by atoms with van der Waals surface area (Å²) in [6.07, 6.45) is 4.93. The Hall–Kier alpha value is -3.55. The number of nitrogens with zero attached hydrogens (tertiary/aromatic N) is 4. The number of carbonyl (C=O) groups is 2. The number of Topliss-reactive ketones (excluding diaryl/α,β-unsaturated/α-hetero) is 1. The second-order valence-electron chi connectivity index (χ2n) is 6.72. The predicted molar refractivity (Wildman–Crippen MR) is 101 cm³/mol.